The number of benzene rings is 2. The maximum Gasteiger partial charge on any atom is 0.293 e. The molecule has 0 amide bonds. The minimum absolute atomic E-state index is 0.0475. The molecule has 140 valence electrons. The van der Waals surface area contributed by atoms with Crippen LogP contribution < -0.4 is 4.90 Å². The molecule has 1 aliphatic rings. The molecule has 0 N–H and O–H groups in total. The number of aromatic nitrogens is 1. The number of hydrogen-bond acceptors (Lipinski definition) is 7. The van der Waals surface area contributed by atoms with E-state index in [0.717, 1.165) is 40.4 Å². The van der Waals surface area contributed by atoms with Crippen LogP contribution in [-0.2, 0) is 9.84 Å². The van der Waals surface area contributed by atoms with Gasteiger partial charge in [-0.2, -0.15) is 0 Å². The number of hydrogen-bond donors (Lipinski definition) is 0. The van der Waals surface area contributed by atoms with E-state index < -0.39 is 14.8 Å². The van der Waals surface area contributed by atoms with Gasteiger partial charge >= 0.3 is 0 Å². The van der Waals surface area contributed by atoms with Crippen LogP contribution in [0.2, 0.25) is 0 Å². The highest BCUT2D eigenvalue weighted by atomic mass is 32.2. The van der Waals surface area contributed by atoms with Crippen LogP contribution in [0.3, 0.4) is 0 Å². The van der Waals surface area contributed by atoms with E-state index in [1.54, 1.807) is 17.4 Å². The zero-order chi connectivity index (χ0) is 19.2. The molecule has 3 aromatic rings. The number of sulfone groups is 1. The Labute approximate surface area is 160 Å². The first-order valence-electron chi connectivity index (χ1n) is 8.45. The number of fused-ring (bicyclic) bond motifs is 1. The lowest BCUT2D eigenvalue weighted by Crippen LogP contribution is -2.23. The number of anilines is 1. The lowest BCUT2D eigenvalue weighted by molar-refractivity contribution is -0.384. The van der Waals surface area contributed by atoms with Crippen molar-refractivity contribution in [2.45, 2.75) is 23.8 Å². The molecule has 0 bridgehead atoms. The highest BCUT2D eigenvalue weighted by molar-refractivity contribution is 7.90. The van der Waals surface area contributed by atoms with Crippen LogP contribution in [0.15, 0.2) is 47.4 Å². The molecule has 1 aliphatic heterocycles. The first-order valence-corrected chi connectivity index (χ1v) is 11.2. The predicted octanol–water partition coefficient (Wildman–Crippen LogP) is 3.95. The van der Waals surface area contributed by atoms with Gasteiger partial charge in [0.2, 0.25) is 0 Å². The Morgan fingerprint density at radius 3 is 2.74 bits per heavy atom. The van der Waals surface area contributed by atoms with E-state index in [1.165, 1.54) is 6.07 Å². The Morgan fingerprint density at radius 2 is 2.04 bits per heavy atom. The summed E-state index contributed by atoms with van der Waals surface area (Å²) in [4.78, 5) is 17.7. The molecule has 7 nitrogen and oxygen atoms in total. The maximum atomic E-state index is 11.8. The van der Waals surface area contributed by atoms with Crippen LogP contribution in [-0.4, -0.2) is 31.1 Å². The van der Waals surface area contributed by atoms with E-state index in [0.29, 0.717) is 12.2 Å². The van der Waals surface area contributed by atoms with Crippen molar-refractivity contribution in [3.63, 3.8) is 0 Å². The predicted molar refractivity (Wildman–Crippen MR) is 105 cm³/mol. The van der Waals surface area contributed by atoms with Gasteiger partial charge in [-0.1, -0.05) is 12.1 Å². The Kier molecular flexibility index (Phi) is 4.35. The summed E-state index contributed by atoms with van der Waals surface area (Å²) in [6.45, 7) is 0.666. The summed E-state index contributed by atoms with van der Waals surface area (Å²) >= 11 is 1.60. The minimum atomic E-state index is -3.52. The minimum Gasteiger partial charge on any atom is -0.357 e. The zero-order valence-electron chi connectivity index (χ0n) is 14.5. The van der Waals surface area contributed by atoms with E-state index >= 15 is 0 Å². The Bertz CT molecular complexity index is 1110. The van der Waals surface area contributed by atoms with E-state index in [1.807, 2.05) is 29.2 Å². The quantitative estimate of drug-likeness (QED) is 0.484. The van der Waals surface area contributed by atoms with Gasteiger partial charge in [-0.25, -0.2) is 13.4 Å². The van der Waals surface area contributed by atoms with Gasteiger partial charge in [0.25, 0.3) is 5.69 Å². The van der Waals surface area contributed by atoms with Crippen molar-refractivity contribution in [1.29, 1.82) is 0 Å². The second kappa shape index (κ2) is 6.58. The second-order valence-electron chi connectivity index (χ2n) is 6.55. The number of nitro groups is 1. The van der Waals surface area contributed by atoms with Crippen molar-refractivity contribution in [2.75, 3.05) is 17.7 Å². The van der Waals surface area contributed by atoms with Crippen molar-refractivity contribution in [3.05, 3.63) is 57.6 Å². The lowest BCUT2D eigenvalue weighted by atomic mass is 10.2. The van der Waals surface area contributed by atoms with Crippen molar-refractivity contribution in [3.8, 4) is 0 Å². The third-order valence-corrected chi connectivity index (χ3v) is 6.98. The van der Waals surface area contributed by atoms with Crippen molar-refractivity contribution in [2.24, 2.45) is 0 Å². The SMILES string of the molecule is CS(=O)(=O)c1ccc(N2CCCC2c2nc3ccccc3s2)c([N+](=O)[O-])c1. The molecule has 1 saturated heterocycles. The molecule has 2 heterocycles. The zero-order valence-corrected chi connectivity index (χ0v) is 16.2. The van der Waals surface area contributed by atoms with Crippen molar-refractivity contribution in [1.82, 2.24) is 4.98 Å². The number of nitrogens with zero attached hydrogens (tertiary/aromatic N) is 3. The van der Waals surface area contributed by atoms with E-state index in [9.17, 15) is 18.5 Å². The average Bonchev–Trinajstić information content (AvgIpc) is 3.26. The topological polar surface area (TPSA) is 93.4 Å². The molecule has 27 heavy (non-hydrogen) atoms. The monoisotopic (exact) mass is 403 g/mol. The van der Waals surface area contributed by atoms with Crippen molar-refractivity contribution >= 4 is 42.8 Å². The summed E-state index contributed by atoms with van der Waals surface area (Å²) in [7, 11) is -3.52. The van der Waals surface area contributed by atoms with Gasteiger partial charge in [0.05, 0.1) is 26.1 Å². The Balaban J connectivity index is 1.78. The lowest BCUT2D eigenvalue weighted by Gasteiger charge is -2.25. The molecule has 0 radical (unpaired) electrons. The average molecular weight is 403 g/mol. The van der Waals surface area contributed by atoms with Gasteiger partial charge in [0.1, 0.15) is 10.7 Å². The van der Waals surface area contributed by atoms with Crippen LogP contribution >= 0.6 is 11.3 Å². The second-order valence-corrected chi connectivity index (χ2v) is 9.63. The molecular formula is C18H17N3O4S2. The van der Waals surface area contributed by atoms with Crippen LogP contribution in [0.5, 0.6) is 0 Å². The summed E-state index contributed by atoms with van der Waals surface area (Å²) in [6.07, 6.45) is 2.79. The van der Waals surface area contributed by atoms with Crippen LogP contribution in [0, 0.1) is 10.1 Å². The van der Waals surface area contributed by atoms with Gasteiger partial charge in [0, 0.05) is 18.9 Å². The summed E-state index contributed by atoms with van der Waals surface area (Å²) in [5.41, 5.74) is 1.17. The number of nitro benzene ring substituents is 1. The van der Waals surface area contributed by atoms with Crippen molar-refractivity contribution < 1.29 is 13.3 Å². The molecule has 0 saturated carbocycles. The van der Waals surface area contributed by atoms with E-state index in [4.69, 9.17) is 4.98 Å². The third kappa shape index (κ3) is 3.28. The molecule has 9 heteroatoms. The molecular weight excluding hydrogens is 386 g/mol. The summed E-state index contributed by atoms with van der Waals surface area (Å²) < 4.78 is 24.6. The molecule has 2 aromatic carbocycles. The third-order valence-electron chi connectivity index (χ3n) is 4.73. The Morgan fingerprint density at radius 1 is 1.26 bits per heavy atom. The molecule has 1 fully saturated rings. The standard InChI is InChI=1S/C18H17N3O4S2/c1-27(24,25)12-8-9-14(16(11-12)21(22)23)20-10-4-6-15(20)18-19-13-5-2-3-7-17(13)26-18/h2-3,5,7-9,11,15H,4,6,10H2,1H3. The van der Waals surface area contributed by atoms with Crippen LogP contribution in [0.1, 0.15) is 23.9 Å². The van der Waals surface area contributed by atoms with Gasteiger partial charge in [-0.15, -0.1) is 11.3 Å². The fraction of sp³-hybridized carbons (Fsp3) is 0.278. The maximum absolute atomic E-state index is 11.8. The normalized spacial score (nSPS) is 17.5. The number of para-hydroxylation sites is 1. The molecule has 1 atom stereocenters. The van der Waals surface area contributed by atoms with E-state index in [-0.39, 0.29) is 16.6 Å². The van der Waals surface area contributed by atoms with Gasteiger partial charge in [-0.3, -0.25) is 10.1 Å². The highest BCUT2D eigenvalue weighted by Crippen LogP contribution is 2.42. The summed E-state index contributed by atoms with van der Waals surface area (Å²) in [5.74, 6) is 0. The molecule has 4 rings (SSSR count). The Hall–Kier alpha value is -2.52. The van der Waals surface area contributed by atoms with Crippen LogP contribution in [0.4, 0.5) is 11.4 Å². The van der Waals surface area contributed by atoms with Gasteiger partial charge in [-0.05, 0) is 37.1 Å². The number of thiazole rings is 1. The largest absolute Gasteiger partial charge is 0.357 e. The molecule has 0 spiro atoms. The smallest absolute Gasteiger partial charge is 0.293 e. The highest BCUT2D eigenvalue weighted by Gasteiger charge is 2.33. The molecule has 1 aromatic heterocycles. The fourth-order valence-electron chi connectivity index (χ4n) is 3.47. The fourth-order valence-corrected chi connectivity index (χ4v) is 5.22. The van der Waals surface area contributed by atoms with E-state index in [2.05, 4.69) is 0 Å². The van der Waals surface area contributed by atoms with Crippen LogP contribution in [0.25, 0.3) is 10.2 Å². The number of rotatable bonds is 4. The summed E-state index contributed by atoms with van der Waals surface area (Å²) in [6, 6.07) is 11.9. The first-order chi connectivity index (χ1) is 12.8. The van der Waals surface area contributed by atoms with Gasteiger partial charge < -0.3 is 4.90 Å². The molecule has 0 aliphatic carbocycles. The first kappa shape index (κ1) is 17.9. The van der Waals surface area contributed by atoms with Gasteiger partial charge in [0.15, 0.2) is 9.84 Å². The molecule has 1 unspecified atom stereocenters. The summed E-state index contributed by atoms with van der Waals surface area (Å²) in [5, 5.41) is 12.5.